The Kier molecular flexibility index (Phi) is 4.96. The number of hydrogen-bond acceptors (Lipinski definition) is 4. The molecule has 0 bridgehead atoms. The minimum atomic E-state index is -0.606. The first-order chi connectivity index (χ1) is 10.3. The first-order valence-electron chi connectivity index (χ1n) is 7.23. The number of carbonyl (C=O) groups excluding carboxylic acids is 2. The zero-order valence-electron chi connectivity index (χ0n) is 13.0. The van der Waals surface area contributed by atoms with E-state index in [0.29, 0.717) is 23.7 Å². The average Bonchev–Trinajstić information content (AvgIpc) is 2.89. The predicted molar refractivity (Wildman–Crippen MR) is 83.0 cm³/mol. The van der Waals surface area contributed by atoms with Crippen LogP contribution in [0.2, 0.25) is 5.02 Å². The van der Waals surface area contributed by atoms with Gasteiger partial charge in [0.15, 0.2) is 0 Å². The fraction of sp³-hybridized carbons (Fsp3) is 0.500. The maximum absolute atomic E-state index is 12.3. The van der Waals surface area contributed by atoms with E-state index in [1.807, 2.05) is 0 Å². The summed E-state index contributed by atoms with van der Waals surface area (Å²) in [6, 6.07) is 5.92. The maximum atomic E-state index is 12.3. The third kappa shape index (κ3) is 4.37. The van der Waals surface area contributed by atoms with Crippen molar-refractivity contribution in [3.05, 3.63) is 29.3 Å². The summed E-state index contributed by atoms with van der Waals surface area (Å²) in [5.74, 6) is -0.0453. The molecular weight excluding hydrogens is 306 g/mol. The standard InChI is InChI=1S/C16H20ClNO4/c1-16(2,3)22-15(20)18-10-4-5-13(18)14(19)21-12-8-6-11(17)7-9-12/h6-9,13H,4-5,10H2,1-3H3. The molecule has 120 valence electrons. The van der Waals surface area contributed by atoms with Gasteiger partial charge in [0.1, 0.15) is 17.4 Å². The quantitative estimate of drug-likeness (QED) is 0.615. The molecule has 0 saturated carbocycles. The molecule has 0 radical (unpaired) electrons. The summed E-state index contributed by atoms with van der Waals surface area (Å²) in [6.45, 7) is 5.88. The Bertz CT molecular complexity index is 550. The molecule has 5 nitrogen and oxygen atoms in total. The van der Waals surface area contributed by atoms with Crippen LogP contribution < -0.4 is 4.74 Å². The molecule has 2 rings (SSSR count). The lowest BCUT2D eigenvalue weighted by Crippen LogP contribution is -2.44. The van der Waals surface area contributed by atoms with Gasteiger partial charge in [-0.1, -0.05) is 11.6 Å². The fourth-order valence-electron chi connectivity index (χ4n) is 2.24. The van der Waals surface area contributed by atoms with Crippen LogP contribution >= 0.6 is 11.6 Å². The monoisotopic (exact) mass is 325 g/mol. The topological polar surface area (TPSA) is 55.8 Å². The predicted octanol–water partition coefficient (Wildman–Crippen LogP) is 3.64. The van der Waals surface area contributed by atoms with Crippen LogP contribution in [0.5, 0.6) is 5.75 Å². The van der Waals surface area contributed by atoms with E-state index < -0.39 is 23.7 Å². The van der Waals surface area contributed by atoms with Gasteiger partial charge in [-0.15, -0.1) is 0 Å². The zero-order chi connectivity index (χ0) is 16.3. The second-order valence-corrected chi connectivity index (χ2v) is 6.64. The molecule has 1 aliphatic rings. The summed E-state index contributed by atoms with van der Waals surface area (Å²) in [5.41, 5.74) is -0.593. The van der Waals surface area contributed by atoms with Gasteiger partial charge in [-0.3, -0.25) is 4.90 Å². The number of rotatable bonds is 2. The first-order valence-corrected chi connectivity index (χ1v) is 7.61. The molecule has 1 aromatic carbocycles. The van der Waals surface area contributed by atoms with E-state index in [2.05, 4.69) is 0 Å². The molecule has 1 fully saturated rings. The minimum Gasteiger partial charge on any atom is -0.444 e. The Morgan fingerprint density at radius 2 is 1.86 bits per heavy atom. The van der Waals surface area contributed by atoms with Crippen LogP contribution in [0.1, 0.15) is 33.6 Å². The van der Waals surface area contributed by atoms with E-state index in [4.69, 9.17) is 21.1 Å². The highest BCUT2D eigenvalue weighted by atomic mass is 35.5. The average molecular weight is 326 g/mol. The van der Waals surface area contributed by atoms with Crippen LogP contribution in [0.4, 0.5) is 4.79 Å². The first kappa shape index (κ1) is 16.6. The Morgan fingerprint density at radius 1 is 1.23 bits per heavy atom. The molecule has 0 aliphatic carbocycles. The normalized spacial score (nSPS) is 18.2. The Morgan fingerprint density at radius 3 is 2.45 bits per heavy atom. The molecule has 1 unspecified atom stereocenters. The number of halogens is 1. The van der Waals surface area contributed by atoms with Crippen LogP contribution in [-0.4, -0.2) is 35.2 Å². The summed E-state index contributed by atoms with van der Waals surface area (Å²) < 4.78 is 10.6. The molecule has 0 N–H and O–H groups in total. The van der Waals surface area contributed by atoms with Gasteiger partial charge in [-0.05, 0) is 57.9 Å². The molecule has 1 amide bonds. The van der Waals surface area contributed by atoms with E-state index in [1.54, 1.807) is 45.0 Å². The lowest BCUT2D eigenvalue weighted by Gasteiger charge is -2.27. The number of likely N-dealkylation sites (tertiary alicyclic amines) is 1. The Labute approximate surface area is 135 Å². The van der Waals surface area contributed by atoms with Gasteiger partial charge in [0, 0.05) is 11.6 Å². The smallest absolute Gasteiger partial charge is 0.411 e. The summed E-state index contributed by atoms with van der Waals surface area (Å²) in [5, 5.41) is 0.566. The second kappa shape index (κ2) is 6.57. The maximum Gasteiger partial charge on any atom is 0.411 e. The van der Waals surface area contributed by atoms with Gasteiger partial charge in [0.05, 0.1) is 0 Å². The Balaban J connectivity index is 2.01. The Hall–Kier alpha value is -1.75. The van der Waals surface area contributed by atoms with Gasteiger partial charge in [-0.25, -0.2) is 9.59 Å². The van der Waals surface area contributed by atoms with E-state index >= 15 is 0 Å². The molecule has 1 heterocycles. The third-order valence-corrected chi connectivity index (χ3v) is 3.44. The largest absolute Gasteiger partial charge is 0.444 e. The highest BCUT2D eigenvalue weighted by Gasteiger charge is 2.37. The number of benzene rings is 1. The number of hydrogen-bond donors (Lipinski definition) is 0. The highest BCUT2D eigenvalue weighted by Crippen LogP contribution is 2.23. The zero-order valence-corrected chi connectivity index (χ0v) is 13.7. The molecule has 1 aliphatic heterocycles. The van der Waals surface area contributed by atoms with Crippen molar-refractivity contribution < 1.29 is 19.1 Å². The van der Waals surface area contributed by atoms with Crippen molar-refractivity contribution in [1.82, 2.24) is 4.90 Å². The molecule has 1 saturated heterocycles. The van der Waals surface area contributed by atoms with Crippen molar-refractivity contribution in [2.75, 3.05) is 6.54 Å². The number of carbonyl (C=O) groups is 2. The third-order valence-electron chi connectivity index (χ3n) is 3.18. The molecule has 1 aromatic rings. The van der Waals surface area contributed by atoms with Crippen LogP contribution in [0.3, 0.4) is 0 Å². The van der Waals surface area contributed by atoms with Gasteiger partial charge in [-0.2, -0.15) is 0 Å². The van der Waals surface area contributed by atoms with Crippen LogP contribution in [0, 0.1) is 0 Å². The summed E-state index contributed by atoms with van der Waals surface area (Å²) in [6.07, 6.45) is 0.841. The van der Waals surface area contributed by atoms with Crippen molar-refractivity contribution in [3.8, 4) is 5.75 Å². The fourth-order valence-corrected chi connectivity index (χ4v) is 2.36. The molecular formula is C16H20ClNO4. The molecule has 0 aromatic heterocycles. The van der Waals surface area contributed by atoms with E-state index in [1.165, 1.54) is 4.90 Å². The summed E-state index contributed by atoms with van der Waals surface area (Å²) in [4.78, 5) is 25.9. The molecule has 0 spiro atoms. The second-order valence-electron chi connectivity index (χ2n) is 6.21. The van der Waals surface area contributed by atoms with Crippen molar-refractivity contribution in [3.63, 3.8) is 0 Å². The number of esters is 1. The van der Waals surface area contributed by atoms with Crippen molar-refractivity contribution in [2.24, 2.45) is 0 Å². The van der Waals surface area contributed by atoms with Crippen LogP contribution in [0.25, 0.3) is 0 Å². The highest BCUT2D eigenvalue weighted by molar-refractivity contribution is 6.30. The van der Waals surface area contributed by atoms with Crippen molar-refractivity contribution in [2.45, 2.75) is 45.3 Å². The van der Waals surface area contributed by atoms with Gasteiger partial charge in [0.25, 0.3) is 0 Å². The van der Waals surface area contributed by atoms with E-state index in [0.717, 1.165) is 6.42 Å². The van der Waals surface area contributed by atoms with Gasteiger partial charge < -0.3 is 9.47 Å². The van der Waals surface area contributed by atoms with Gasteiger partial charge >= 0.3 is 12.1 Å². The van der Waals surface area contributed by atoms with Crippen molar-refractivity contribution >= 4 is 23.7 Å². The number of ether oxygens (including phenoxy) is 2. The minimum absolute atomic E-state index is 0.408. The molecule has 6 heteroatoms. The van der Waals surface area contributed by atoms with Crippen LogP contribution in [-0.2, 0) is 9.53 Å². The lowest BCUT2D eigenvalue weighted by molar-refractivity contribution is -0.139. The summed E-state index contributed by atoms with van der Waals surface area (Å²) >= 11 is 5.79. The van der Waals surface area contributed by atoms with E-state index in [-0.39, 0.29) is 0 Å². The molecule has 1 atom stereocenters. The number of nitrogens with zero attached hydrogens (tertiary/aromatic N) is 1. The van der Waals surface area contributed by atoms with Crippen molar-refractivity contribution in [1.29, 1.82) is 0 Å². The molecule has 22 heavy (non-hydrogen) atoms. The SMILES string of the molecule is CC(C)(C)OC(=O)N1CCCC1C(=O)Oc1ccc(Cl)cc1. The number of amides is 1. The van der Waals surface area contributed by atoms with Crippen LogP contribution in [0.15, 0.2) is 24.3 Å². The van der Waals surface area contributed by atoms with Gasteiger partial charge in [0.2, 0.25) is 0 Å². The van der Waals surface area contributed by atoms with E-state index in [9.17, 15) is 9.59 Å². The summed E-state index contributed by atoms with van der Waals surface area (Å²) in [7, 11) is 0. The lowest BCUT2D eigenvalue weighted by atomic mass is 10.2.